The number of aromatic nitrogens is 2. The maximum absolute atomic E-state index is 5.50. The van der Waals surface area contributed by atoms with Crippen molar-refractivity contribution in [2.24, 2.45) is 0 Å². The van der Waals surface area contributed by atoms with Crippen LogP contribution in [0.4, 0.5) is 0 Å². The predicted octanol–water partition coefficient (Wildman–Crippen LogP) is 2.77. The molecule has 4 heteroatoms. The highest BCUT2D eigenvalue weighted by Crippen LogP contribution is 2.13. The molecule has 0 radical (unpaired) electrons. The number of para-hydroxylation sites is 1. The first-order valence-electron chi connectivity index (χ1n) is 5.26. The molecule has 0 unspecified atom stereocenters. The molecule has 0 amide bonds. The zero-order valence-electron chi connectivity index (χ0n) is 9.38. The Hall–Kier alpha value is -1.84. The summed E-state index contributed by atoms with van der Waals surface area (Å²) < 4.78 is 10.6. The zero-order chi connectivity index (χ0) is 11.4. The van der Waals surface area contributed by atoms with E-state index >= 15 is 0 Å². The molecule has 0 aliphatic carbocycles. The molecule has 0 N–H and O–H groups in total. The summed E-state index contributed by atoms with van der Waals surface area (Å²) in [5.74, 6) is 2.27. The molecule has 0 fully saturated rings. The Morgan fingerprint density at radius 2 is 2.00 bits per heavy atom. The summed E-state index contributed by atoms with van der Waals surface area (Å²) >= 11 is 0. The quantitative estimate of drug-likeness (QED) is 0.791. The monoisotopic (exact) mass is 218 g/mol. The van der Waals surface area contributed by atoms with Gasteiger partial charge in [-0.2, -0.15) is 4.98 Å². The van der Waals surface area contributed by atoms with Gasteiger partial charge in [0.05, 0.1) is 0 Å². The van der Waals surface area contributed by atoms with Crippen molar-refractivity contribution >= 4 is 0 Å². The van der Waals surface area contributed by atoms with Crippen LogP contribution in [0.1, 0.15) is 31.5 Å². The van der Waals surface area contributed by atoms with E-state index in [4.69, 9.17) is 9.26 Å². The maximum Gasteiger partial charge on any atom is 0.229 e. The normalized spacial score (nSPS) is 10.7. The first-order valence-corrected chi connectivity index (χ1v) is 5.26. The van der Waals surface area contributed by atoms with Gasteiger partial charge in [-0.25, -0.2) is 0 Å². The minimum absolute atomic E-state index is 0.248. The van der Waals surface area contributed by atoms with Gasteiger partial charge in [0.15, 0.2) is 6.61 Å². The third kappa shape index (κ3) is 2.59. The molecule has 2 rings (SSSR count). The van der Waals surface area contributed by atoms with Crippen molar-refractivity contribution in [1.82, 2.24) is 10.1 Å². The van der Waals surface area contributed by atoms with Gasteiger partial charge in [0.1, 0.15) is 5.75 Å². The molecule has 4 nitrogen and oxygen atoms in total. The Morgan fingerprint density at radius 3 is 2.62 bits per heavy atom. The van der Waals surface area contributed by atoms with Crippen molar-refractivity contribution in [3.63, 3.8) is 0 Å². The lowest BCUT2D eigenvalue weighted by Crippen LogP contribution is -1.97. The first kappa shape index (κ1) is 10.7. The van der Waals surface area contributed by atoms with Crippen LogP contribution in [0.25, 0.3) is 0 Å². The molecular weight excluding hydrogens is 204 g/mol. The highest BCUT2D eigenvalue weighted by molar-refractivity contribution is 5.20. The fourth-order valence-corrected chi connectivity index (χ4v) is 1.23. The van der Waals surface area contributed by atoms with Crippen LogP contribution in [0.5, 0.6) is 5.75 Å². The average Bonchev–Trinajstić information content (AvgIpc) is 2.76. The third-order valence-electron chi connectivity index (χ3n) is 2.09. The summed E-state index contributed by atoms with van der Waals surface area (Å²) in [7, 11) is 0. The van der Waals surface area contributed by atoms with E-state index in [0.717, 1.165) is 5.75 Å². The van der Waals surface area contributed by atoms with Crippen LogP contribution in [0, 0.1) is 0 Å². The van der Waals surface area contributed by atoms with Gasteiger partial charge in [0, 0.05) is 5.92 Å². The van der Waals surface area contributed by atoms with Crippen molar-refractivity contribution < 1.29 is 9.26 Å². The largest absolute Gasteiger partial charge is 0.485 e. The summed E-state index contributed by atoms with van der Waals surface area (Å²) in [5, 5.41) is 3.84. The predicted molar refractivity (Wildman–Crippen MR) is 59.2 cm³/mol. The average molecular weight is 218 g/mol. The van der Waals surface area contributed by atoms with Crippen molar-refractivity contribution in [1.29, 1.82) is 0 Å². The van der Waals surface area contributed by atoms with E-state index < -0.39 is 0 Å². The molecule has 0 aliphatic rings. The second kappa shape index (κ2) is 4.79. The summed E-state index contributed by atoms with van der Waals surface area (Å²) in [5.41, 5.74) is 0. The number of hydrogen-bond donors (Lipinski definition) is 0. The van der Waals surface area contributed by atoms with Crippen LogP contribution < -0.4 is 4.74 Å². The molecule has 84 valence electrons. The highest BCUT2D eigenvalue weighted by Gasteiger charge is 2.09. The molecule has 0 saturated carbocycles. The van der Waals surface area contributed by atoms with Crippen molar-refractivity contribution in [3.05, 3.63) is 42.0 Å². The van der Waals surface area contributed by atoms with E-state index in [1.54, 1.807) is 0 Å². The van der Waals surface area contributed by atoms with Gasteiger partial charge in [-0.3, -0.25) is 0 Å². The Kier molecular flexibility index (Phi) is 3.19. The third-order valence-corrected chi connectivity index (χ3v) is 2.09. The molecule has 0 saturated heterocycles. The van der Waals surface area contributed by atoms with Crippen LogP contribution in [0.3, 0.4) is 0 Å². The molecule has 1 aromatic heterocycles. The first-order chi connectivity index (χ1) is 7.75. The van der Waals surface area contributed by atoms with Crippen molar-refractivity contribution in [2.45, 2.75) is 26.4 Å². The minimum Gasteiger partial charge on any atom is -0.485 e. The zero-order valence-corrected chi connectivity index (χ0v) is 9.38. The summed E-state index contributed by atoms with van der Waals surface area (Å²) in [4.78, 5) is 4.22. The number of nitrogens with zero attached hydrogens (tertiary/aromatic N) is 2. The number of ether oxygens (including phenoxy) is 1. The van der Waals surface area contributed by atoms with Gasteiger partial charge in [-0.1, -0.05) is 37.2 Å². The molecule has 0 atom stereocenters. The number of hydrogen-bond acceptors (Lipinski definition) is 4. The Labute approximate surface area is 94.2 Å². The number of benzene rings is 1. The lowest BCUT2D eigenvalue weighted by molar-refractivity contribution is 0.284. The topological polar surface area (TPSA) is 48.2 Å². The molecule has 1 aromatic carbocycles. The van der Waals surface area contributed by atoms with E-state index in [1.165, 1.54) is 0 Å². The molecule has 1 heterocycles. The number of rotatable bonds is 4. The van der Waals surface area contributed by atoms with Crippen molar-refractivity contribution in [3.8, 4) is 5.75 Å². The molecule has 0 spiro atoms. The van der Waals surface area contributed by atoms with E-state index in [1.807, 2.05) is 44.2 Å². The van der Waals surface area contributed by atoms with E-state index in [0.29, 0.717) is 18.3 Å². The van der Waals surface area contributed by atoms with Gasteiger partial charge in [-0.15, -0.1) is 0 Å². The van der Waals surface area contributed by atoms with Gasteiger partial charge in [0.2, 0.25) is 11.7 Å². The fourth-order valence-electron chi connectivity index (χ4n) is 1.23. The molecule has 16 heavy (non-hydrogen) atoms. The van der Waals surface area contributed by atoms with Crippen molar-refractivity contribution in [2.75, 3.05) is 0 Å². The fraction of sp³-hybridized carbons (Fsp3) is 0.333. The molecule has 0 aliphatic heterocycles. The van der Waals surface area contributed by atoms with Gasteiger partial charge in [-0.05, 0) is 12.1 Å². The van der Waals surface area contributed by atoms with E-state index in [-0.39, 0.29) is 5.92 Å². The Bertz CT molecular complexity index is 437. The Morgan fingerprint density at radius 1 is 1.25 bits per heavy atom. The second-order valence-electron chi connectivity index (χ2n) is 3.81. The van der Waals surface area contributed by atoms with Crippen LogP contribution in [-0.4, -0.2) is 10.1 Å². The molecular formula is C12H14N2O2. The standard InChI is InChI=1S/C12H14N2O2/c1-9(2)12-13-11(14-16-12)8-15-10-6-4-3-5-7-10/h3-7,9H,8H2,1-2H3. The van der Waals surface area contributed by atoms with Crippen LogP contribution in [0.15, 0.2) is 34.9 Å². The minimum atomic E-state index is 0.248. The molecule has 2 aromatic rings. The lowest BCUT2D eigenvalue weighted by Gasteiger charge is -2.01. The summed E-state index contributed by atoms with van der Waals surface area (Å²) in [6.45, 7) is 4.35. The van der Waals surface area contributed by atoms with Crippen LogP contribution >= 0.6 is 0 Å². The highest BCUT2D eigenvalue weighted by atomic mass is 16.5. The summed E-state index contributed by atoms with van der Waals surface area (Å²) in [6.07, 6.45) is 0. The maximum atomic E-state index is 5.50. The van der Waals surface area contributed by atoms with Gasteiger partial charge in [0.25, 0.3) is 0 Å². The molecule has 0 bridgehead atoms. The van der Waals surface area contributed by atoms with E-state index in [2.05, 4.69) is 10.1 Å². The SMILES string of the molecule is CC(C)c1nc(COc2ccccc2)no1. The van der Waals surface area contributed by atoms with Gasteiger partial charge >= 0.3 is 0 Å². The van der Waals surface area contributed by atoms with E-state index in [9.17, 15) is 0 Å². The summed E-state index contributed by atoms with van der Waals surface area (Å²) in [6, 6.07) is 9.57. The smallest absolute Gasteiger partial charge is 0.229 e. The van der Waals surface area contributed by atoms with Gasteiger partial charge < -0.3 is 9.26 Å². The second-order valence-corrected chi connectivity index (χ2v) is 3.81. The Balaban J connectivity index is 1.95. The lowest BCUT2D eigenvalue weighted by atomic mass is 10.2. The van der Waals surface area contributed by atoms with Crippen LogP contribution in [0.2, 0.25) is 0 Å². The van der Waals surface area contributed by atoms with Crippen LogP contribution in [-0.2, 0) is 6.61 Å².